The highest BCUT2D eigenvalue weighted by atomic mass is 16.1. The second-order valence-electron chi connectivity index (χ2n) is 5.66. The number of H-pyrrole nitrogens is 1. The van der Waals surface area contributed by atoms with Crippen molar-refractivity contribution in [3.05, 3.63) is 58.0 Å². The first-order valence-corrected chi connectivity index (χ1v) is 7.11. The van der Waals surface area contributed by atoms with Gasteiger partial charge >= 0.3 is 0 Å². The summed E-state index contributed by atoms with van der Waals surface area (Å²) in [7, 11) is 3.94. The molecule has 0 radical (unpaired) electrons. The molecule has 6 heteroatoms. The van der Waals surface area contributed by atoms with Crippen molar-refractivity contribution >= 4 is 17.0 Å². The summed E-state index contributed by atoms with van der Waals surface area (Å²) in [6.07, 6.45) is 1.99. The number of nitrogen functional groups attached to an aromatic ring is 1. The van der Waals surface area contributed by atoms with E-state index in [1.54, 1.807) is 0 Å². The molecule has 0 aliphatic rings. The first-order chi connectivity index (χ1) is 10.5. The van der Waals surface area contributed by atoms with Gasteiger partial charge in [-0.25, -0.2) is 0 Å². The standard InChI is InChI=1S/C16H19N5O/c1-20(2)9-12-10-21(8-11-6-4-3-5-7-11)14-13(12)15(22)19-16(17)18-14/h3-7,10H,8-9H2,1-2H3,(H3,17,18,19,22). The molecule has 3 aromatic rings. The summed E-state index contributed by atoms with van der Waals surface area (Å²) in [6, 6.07) is 10.1. The fraction of sp³-hybridized carbons (Fsp3) is 0.250. The lowest BCUT2D eigenvalue weighted by molar-refractivity contribution is 0.403. The van der Waals surface area contributed by atoms with E-state index in [1.807, 2.05) is 60.1 Å². The summed E-state index contributed by atoms with van der Waals surface area (Å²) in [4.78, 5) is 21.2. The molecular formula is C16H19N5O. The van der Waals surface area contributed by atoms with Gasteiger partial charge in [-0.3, -0.25) is 9.78 Å². The third-order valence-electron chi connectivity index (χ3n) is 3.51. The zero-order valence-electron chi connectivity index (χ0n) is 12.7. The highest BCUT2D eigenvalue weighted by Gasteiger charge is 2.15. The Bertz CT molecular complexity index is 848. The molecule has 0 bridgehead atoms. The number of rotatable bonds is 4. The molecule has 3 rings (SSSR count). The summed E-state index contributed by atoms with van der Waals surface area (Å²) >= 11 is 0. The molecule has 0 aliphatic heterocycles. The average molecular weight is 297 g/mol. The van der Waals surface area contributed by atoms with Crippen LogP contribution in [0, 0.1) is 0 Å². The molecule has 0 saturated heterocycles. The predicted molar refractivity (Wildman–Crippen MR) is 87.7 cm³/mol. The van der Waals surface area contributed by atoms with Crippen LogP contribution in [0.25, 0.3) is 11.0 Å². The van der Waals surface area contributed by atoms with Crippen molar-refractivity contribution in [3.63, 3.8) is 0 Å². The maximum atomic E-state index is 12.3. The highest BCUT2D eigenvalue weighted by molar-refractivity contribution is 5.80. The Kier molecular flexibility index (Phi) is 3.68. The average Bonchev–Trinajstić information content (AvgIpc) is 2.77. The zero-order chi connectivity index (χ0) is 15.7. The number of hydrogen-bond donors (Lipinski definition) is 2. The van der Waals surface area contributed by atoms with E-state index in [0.29, 0.717) is 24.1 Å². The minimum atomic E-state index is -0.189. The number of nitrogens with zero attached hydrogens (tertiary/aromatic N) is 3. The molecule has 0 fully saturated rings. The van der Waals surface area contributed by atoms with Gasteiger partial charge in [0.15, 0.2) is 0 Å². The SMILES string of the molecule is CN(C)Cc1cn(Cc2ccccc2)c2nc(N)[nH]c(=O)c12. The number of fused-ring (bicyclic) bond motifs is 1. The van der Waals surface area contributed by atoms with E-state index < -0.39 is 0 Å². The minimum absolute atomic E-state index is 0.140. The van der Waals surface area contributed by atoms with Crippen LogP contribution in [-0.4, -0.2) is 33.5 Å². The number of nitrogens with one attached hydrogen (secondary N) is 1. The molecule has 1 aromatic carbocycles. The summed E-state index contributed by atoms with van der Waals surface area (Å²) in [5.41, 5.74) is 8.24. The maximum Gasteiger partial charge on any atom is 0.262 e. The lowest BCUT2D eigenvalue weighted by Crippen LogP contribution is -2.15. The molecule has 0 saturated carbocycles. The number of anilines is 1. The smallest absolute Gasteiger partial charge is 0.262 e. The van der Waals surface area contributed by atoms with Gasteiger partial charge in [0.25, 0.3) is 5.56 Å². The number of benzene rings is 1. The third kappa shape index (κ3) is 2.73. The van der Waals surface area contributed by atoms with Crippen LogP contribution < -0.4 is 11.3 Å². The molecule has 0 spiro atoms. The second-order valence-corrected chi connectivity index (χ2v) is 5.66. The van der Waals surface area contributed by atoms with Gasteiger partial charge in [-0.15, -0.1) is 0 Å². The number of hydrogen-bond acceptors (Lipinski definition) is 4. The molecular weight excluding hydrogens is 278 g/mol. The number of aromatic amines is 1. The van der Waals surface area contributed by atoms with Gasteiger partial charge < -0.3 is 15.2 Å². The van der Waals surface area contributed by atoms with E-state index in [2.05, 4.69) is 9.97 Å². The zero-order valence-corrected chi connectivity index (χ0v) is 12.7. The van der Waals surface area contributed by atoms with Crippen LogP contribution in [0.2, 0.25) is 0 Å². The molecule has 2 heterocycles. The molecule has 22 heavy (non-hydrogen) atoms. The Labute approximate surface area is 128 Å². The topological polar surface area (TPSA) is 79.9 Å². The van der Waals surface area contributed by atoms with Crippen molar-refractivity contribution in [1.29, 1.82) is 0 Å². The van der Waals surface area contributed by atoms with E-state index in [4.69, 9.17) is 5.73 Å². The molecule has 3 N–H and O–H groups in total. The summed E-state index contributed by atoms with van der Waals surface area (Å²) < 4.78 is 1.98. The van der Waals surface area contributed by atoms with Crippen molar-refractivity contribution in [1.82, 2.24) is 19.4 Å². The van der Waals surface area contributed by atoms with Gasteiger partial charge in [0.1, 0.15) is 5.65 Å². The predicted octanol–water partition coefficient (Wildman–Crippen LogP) is 1.42. The van der Waals surface area contributed by atoms with E-state index in [9.17, 15) is 4.79 Å². The fourth-order valence-corrected chi connectivity index (χ4v) is 2.65. The van der Waals surface area contributed by atoms with Crippen LogP contribution in [0.15, 0.2) is 41.3 Å². The molecule has 2 aromatic heterocycles. The van der Waals surface area contributed by atoms with E-state index in [0.717, 1.165) is 11.1 Å². The first-order valence-electron chi connectivity index (χ1n) is 7.11. The van der Waals surface area contributed by atoms with Crippen molar-refractivity contribution in [2.24, 2.45) is 0 Å². The van der Waals surface area contributed by atoms with Gasteiger partial charge in [-0.1, -0.05) is 30.3 Å². The Balaban J connectivity index is 2.15. The van der Waals surface area contributed by atoms with Crippen LogP contribution in [-0.2, 0) is 13.1 Å². The van der Waals surface area contributed by atoms with Crippen LogP contribution in [0.3, 0.4) is 0 Å². The van der Waals surface area contributed by atoms with Crippen LogP contribution in [0.4, 0.5) is 5.95 Å². The van der Waals surface area contributed by atoms with Crippen molar-refractivity contribution in [2.75, 3.05) is 19.8 Å². The van der Waals surface area contributed by atoms with Crippen LogP contribution >= 0.6 is 0 Å². The summed E-state index contributed by atoms with van der Waals surface area (Å²) in [6.45, 7) is 1.33. The van der Waals surface area contributed by atoms with E-state index in [1.165, 1.54) is 0 Å². The van der Waals surface area contributed by atoms with Crippen LogP contribution in [0.1, 0.15) is 11.1 Å². The minimum Gasteiger partial charge on any atom is -0.369 e. The van der Waals surface area contributed by atoms with Gasteiger partial charge in [-0.05, 0) is 25.2 Å². The molecule has 0 atom stereocenters. The van der Waals surface area contributed by atoms with Crippen LogP contribution in [0.5, 0.6) is 0 Å². The van der Waals surface area contributed by atoms with E-state index in [-0.39, 0.29) is 11.5 Å². The second kappa shape index (κ2) is 5.65. The summed E-state index contributed by atoms with van der Waals surface area (Å²) in [5.74, 6) is 0.140. The lowest BCUT2D eigenvalue weighted by atomic mass is 10.2. The van der Waals surface area contributed by atoms with Gasteiger partial charge in [0.05, 0.1) is 5.39 Å². The fourth-order valence-electron chi connectivity index (χ4n) is 2.65. The Hall–Kier alpha value is -2.60. The van der Waals surface area contributed by atoms with Crippen molar-refractivity contribution < 1.29 is 0 Å². The van der Waals surface area contributed by atoms with Gasteiger partial charge in [-0.2, -0.15) is 4.98 Å². The third-order valence-corrected chi connectivity index (χ3v) is 3.51. The molecule has 0 unspecified atom stereocenters. The largest absolute Gasteiger partial charge is 0.369 e. The Morgan fingerprint density at radius 3 is 2.68 bits per heavy atom. The summed E-state index contributed by atoms with van der Waals surface area (Å²) in [5, 5.41) is 0.610. The molecule has 0 amide bonds. The van der Waals surface area contributed by atoms with E-state index >= 15 is 0 Å². The first kappa shape index (κ1) is 14.3. The highest BCUT2D eigenvalue weighted by Crippen LogP contribution is 2.19. The molecule has 6 nitrogen and oxygen atoms in total. The monoisotopic (exact) mass is 297 g/mol. The Morgan fingerprint density at radius 1 is 1.27 bits per heavy atom. The molecule has 114 valence electrons. The number of nitrogens with two attached hydrogens (primary N) is 1. The Morgan fingerprint density at radius 2 is 2.00 bits per heavy atom. The van der Waals surface area contributed by atoms with Crippen molar-refractivity contribution in [3.8, 4) is 0 Å². The van der Waals surface area contributed by atoms with Gasteiger partial charge in [0.2, 0.25) is 5.95 Å². The lowest BCUT2D eigenvalue weighted by Gasteiger charge is -2.07. The quantitative estimate of drug-likeness (QED) is 0.763. The maximum absolute atomic E-state index is 12.3. The molecule has 0 aliphatic carbocycles. The number of aromatic nitrogens is 3. The van der Waals surface area contributed by atoms with Gasteiger partial charge in [0, 0.05) is 19.3 Å². The normalized spacial score (nSPS) is 11.4. The van der Waals surface area contributed by atoms with Crippen molar-refractivity contribution in [2.45, 2.75) is 13.1 Å².